The van der Waals surface area contributed by atoms with E-state index in [0.717, 1.165) is 5.56 Å². The number of rotatable bonds is 6. The number of aliphatic hydroxyl groups excluding tert-OH is 1. The fourth-order valence-corrected chi connectivity index (χ4v) is 2.09. The smallest absolute Gasteiger partial charge is 0.231 e. The van der Waals surface area contributed by atoms with Crippen LogP contribution in [-0.4, -0.2) is 38.8 Å². The molecule has 0 bridgehead atoms. The molecule has 1 aromatic rings. The second-order valence-electron chi connectivity index (χ2n) is 3.92. The summed E-state index contributed by atoms with van der Waals surface area (Å²) in [4.78, 5) is 0. The predicted molar refractivity (Wildman–Crippen MR) is 67.3 cm³/mol. The van der Waals surface area contributed by atoms with Crippen LogP contribution in [-0.2, 0) is 4.74 Å². The highest BCUT2D eigenvalue weighted by atomic mass is 35.5. The summed E-state index contributed by atoms with van der Waals surface area (Å²) < 4.78 is 15.5. The van der Waals surface area contributed by atoms with Gasteiger partial charge >= 0.3 is 0 Å². The van der Waals surface area contributed by atoms with Crippen molar-refractivity contribution in [1.82, 2.24) is 5.32 Å². The van der Waals surface area contributed by atoms with Gasteiger partial charge in [0.25, 0.3) is 0 Å². The van der Waals surface area contributed by atoms with Crippen LogP contribution in [0.2, 0.25) is 5.02 Å². The number of hydrogen-bond acceptors (Lipinski definition) is 5. The third kappa shape index (κ3) is 2.87. The third-order valence-corrected chi connectivity index (χ3v) is 3.01. The van der Waals surface area contributed by atoms with Crippen molar-refractivity contribution >= 4 is 11.6 Å². The molecule has 0 aromatic heterocycles. The Morgan fingerprint density at radius 1 is 1.50 bits per heavy atom. The van der Waals surface area contributed by atoms with Crippen LogP contribution >= 0.6 is 11.6 Å². The molecule has 1 aliphatic heterocycles. The number of halogens is 1. The van der Waals surface area contributed by atoms with Crippen LogP contribution in [0.1, 0.15) is 11.6 Å². The van der Waals surface area contributed by atoms with Gasteiger partial charge in [-0.25, -0.2) is 0 Å². The Kier molecular flexibility index (Phi) is 4.66. The van der Waals surface area contributed by atoms with Crippen molar-refractivity contribution in [2.24, 2.45) is 0 Å². The first-order valence-corrected chi connectivity index (χ1v) is 6.06. The normalized spacial score (nSPS) is 14.8. The Balaban J connectivity index is 2.13. The van der Waals surface area contributed by atoms with E-state index in [4.69, 9.17) is 25.8 Å². The van der Waals surface area contributed by atoms with Crippen molar-refractivity contribution in [2.45, 2.75) is 6.04 Å². The van der Waals surface area contributed by atoms with Crippen LogP contribution in [0.25, 0.3) is 0 Å². The van der Waals surface area contributed by atoms with Gasteiger partial charge in [0.15, 0.2) is 11.5 Å². The standard InChI is InChI=1S/C12H16ClNO4/c1-16-3-2-14-10(6-15)8-4-9(13)12-11(5-8)17-7-18-12/h4-5,10,14-15H,2-3,6-7H2,1H3. The number of methoxy groups -OCH3 is 1. The topological polar surface area (TPSA) is 60.0 Å². The summed E-state index contributed by atoms with van der Waals surface area (Å²) in [6.07, 6.45) is 0. The van der Waals surface area contributed by atoms with Gasteiger partial charge in [-0.15, -0.1) is 0 Å². The molecule has 2 rings (SSSR count). The Morgan fingerprint density at radius 2 is 2.33 bits per heavy atom. The first kappa shape index (κ1) is 13.4. The minimum atomic E-state index is -0.202. The summed E-state index contributed by atoms with van der Waals surface area (Å²) in [6, 6.07) is 3.40. The quantitative estimate of drug-likeness (QED) is 0.766. The maximum atomic E-state index is 9.40. The van der Waals surface area contributed by atoms with Crippen molar-refractivity contribution in [2.75, 3.05) is 33.7 Å². The van der Waals surface area contributed by atoms with Gasteiger partial charge < -0.3 is 24.6 Å². The summed E-state index contributed by atoms with van der Waals surface area (Å²) in [6.45, 7) is 1.38. The summed E-state index contributed by atoms with van der Waals surface area (Å²) >= 11 is 6.10. The van der Waals surface area contributed by atoms with Crippen molar-refractivity contribution in [3.05, 3.63) is 22.7 Å². The van der Waals surface area contributed by atoms with Gasteiger partial charge in [0.1, 0.15) is 0 Å². The second-order valence-corrected chi connectivity index (χ2v) is 4.33. The Bertz CT molecular complexity index is 413. The van der Waals surface area contributed by atoms with E-state index in [1.807, 2.05) is 6.07 Å². The molecule has 0 amide bonds. The van der Waals surface area contributed by atoms with Gasteiger partial charge in [-0.1, -0.05) is 11.6 Å². The van der Waals surface area contributed by atoms with Gasteiger partial charge in [0, 0.05) is 13.7 Å². The molecule has 0 aliphatic carbocycles. The lowest BCUT2D eigenvalue weighted by Crippen LogP contribution is -2.27. The number of benzene rings is 1. The van der Waals surface area contributed by atoms with Gasteiger partial charge in [-0.05, 0) is 17.7 Å². The van der Waals surface area contributed by atoms with E-state index in [-0.39, 0.29) is 19.4 Å². The molecule has 1 heterocycles. The summed E-state index contributed by atoms with van der Waals surface area (Å²) in [5.74, 6) is 1.18. The first-order valence-electron chi connectivity index (χ1n) is 5.68. The van der Waals surface area contributed by atoms with E-state index in [0.29, 0.717) is 29.7 Å². The van der Waals surface area contributed by atoms with Crippen LogP contribution in [0.5, 0.6) is 11.5 Å². The minimum Gasteiger partial charge on any atom is -0.454 e. The number of aliphatic hydroxyl groups is 1. The Labute approximate surface area is 111 Å². The van der Waals surface area contributed by atoms with Crippen molar-refractivity contribution in [3.8, 4) is 11.5 Å². The highest BCUT2D eigenvalue weighted by Crippen LogP contribution is 2.40. The van der Waals surface area contributed by atoms with Crippen molar-refractivity contribution < 1.29 is 19.3 Å². The molecular weight excluding hydrogens is 258 g/mol. The third-order valence-electron chi connectivity index (χ3n) is 2.73. The molecule has 2 N–H and O–H groups in total. The summed E-state index contributed by atoms with van der Waals surface area (Å²) in [5.41, 5.74) is 0.864. The zero-order chi connectivity index (χ0) is 13.0. The molecule has 0 saturated heterocycles. The first-order chi connectivity index (χ1) is 8.76. The lowest BCUT2D eigenvalue weighted by molar-refractivity contribution is 0.173. The largest absolute Gasteiger partial charge is 0.454 e. The molecular formula is C12H16ClNO4. The molecule has 0 saturated carbocycles. The Hall–Kier alpha value is -1.01. The highest BCUT2D eigenvalue weighted by Gasteiger charge is 2.21. The molecule has 1 unspecified atom stereocenters. The Morgan fingerprint density at radius 3 is 3.06 bits per heavy atom. The zero-order valence-corrected chi connectivity index (χ0v) is 10.9. The van der Waals surface area contributed by atoms with Gasteiger partial charge in [-0.3, -0.25) is 0 Å². The monoisotopic (exact) mass is 273 g/mol. The molecule has 0 radical (unpaired) electrons. The van der Waals surface area contributed by atoms with Gasteiger partial charge in [0.2, 0.25) is 6.79 Å². The average Bonchev–Trinajstić information content (AvgIpc) is 2.83. The van der Waals surface area contributed by atoms with Crippen LogP contribution in [0, 0.1) is 0 Å². The fraction of sp³-hybridized carbons (Fsp3) is 0.500. The van der Waals surface area contributed by atoms with Crippen molar-refractivity contribution in [1.29, 1.82) is 0 Å². The molecule has 18 heavy (non-hydrogen) atoms. The maximum absolute atomic E-state index is 9.40. The molecule has 0 fully saturated rings. The van der Waals surface area contributed by atoms with E-state index >= 15 is 0 Å². The molecule has 100 valence electrons. The van der Waals surface area contributed by atoms with Crippen LogP contribution in [0.4, 0.5) is 0 Å². The number of ether oxygens (including phenoxy) is 3. The molecule has 6 heteroatoms. The van der Waals surface area contributed by atoms with E-state index in [1.54, 1.807) is 13.2 Å². The van der Waals surface area contributed by atoms with Crippen molar-refractivity contribution in [3.63, 3.8) is 0 Å². The van der Waals surface area contributed by atoms with E-state index < -0.39 is 0 Å². The van der Waals surface area contributed by atoms with E-state index in [9.17, 15) is 5.11 Å². The molecule has 1 atom stereocenters. The predicted octanol–water partition coefficient (Wildman–Crippen LogP) is 1.34. The van der Waals surface area contributed by atoms with Crippen LogP contribution in [0.3, 0.4) is 0 Å². The fourth-order valence-electron chi connectivity index (χ4n) is 1.81. The second kappa shape index (κ2) is 6.24. The summed E-state index contributed by atoms with van der Waals surface area (Å²) in [7, 11) is 1.63. The SMILES string of the molecule is COCCNC(CO)c1cc(Cl)c2c(c1)OCO2. The van der Waals surface area contributed by atoms with E-state index in [2.05, 4.69) is 5.32 Å². The van der Waals surface area contributed by atoms with Gasteiger partial charge in [-0.2, -0.15) is 0 Å². The lowest BCUT2D eigenvalue weighted by Gasteiger charge is -2.17. The van der Waals surface area contributed by atoms with E-state index in [1.165, 1.54) is 0 Å². The average molecular weight is 274 g/mol. The number of nitrogens with one attached hydrogen (secondary N) is 1. The molecule has 1 aliphatic rings. The van der Waals surface area contributed by atoms with Gasteiger partial charge in [0.05, 0.1) is 24.3 Å². The lowest BCUT2D eigenvalue weighted by atomic mass is 10.1. The number of hydrogen-bond donors (Lipinski definition) is 2. The molecule has 0 spiro atoms. The van der Waals surface area contributed by atoms with Crippen LogP contribution < -0.4 is 14.8 Å². The zero-order valence-electron chi connectivity index (χ0n) is 10.1. The number of fused-ring (bicyclic) bond motifs is 1. The maximum Gasteiger partial charge on any atom is 0.231 e. The van der Waals surface area contributed by atoms with Crippen LogP contribution in [0.15, 0.2) is 12.1 Å². The highest BCUT2D eigenvalue weighted by molar-refractivity contribution is 6.32. The minimum absolute atomic E-state index is 0.0281. The molecule has 1 aromatic carbocycles. The molecule has 5 nitrogen and oxygen atoms in total. The summed E-state index contributed by atoms with van der Waals surface area (Å²) in [5, 5.41) is 13.1.